The van der Waals surface area contributed by atoms with Gasteiger partial charge in [-0.15, -0.1) is 0 Å². The van der Waals surface area contributed by atoms with Crippen LogP contribution >= 0.6 is 0 Å². The lowest BCUT2D eigenvalue weighted by molar-refractivity contribution is -0.138. The molecule has 15 heavy (non-hydrogen) atoms. The first-order chi connectivity index (χ1) is 6.80. The van der Waals surface area contributed by atoms with Gasteiger partial charge in [0.15, 0.2) is 0 Å². The van der Waals surface area contributed by atoms with Gasteiger partial charge in [-0.1, -0.05) is 20.8 Å². The van der Waals surface area contributed by atoms with E-state index in [1.165, 1.54) is 0 Å². The number of nitrogens with one attached hydrogen (secondary N) is 1. The van der Waals surface area contributed by atoms with Crippen molar-refractivity contribution in [3.8, 4) is 0 Å². The first-order valence-electron chi connectivity index (χ1n) is 5.04. The number of hydrogen-bond donors (Lipinski definition) is 2. The second-order valence-electron chi connectivity index (χ2n) is 4.94. The van der Waals surface area contributed by atoms with E-state index in [2.05, 4.69) is 9.97 Å². The molecule has 0 amide bonds. The summed E-state index contributed by atoms with van der Waals surface area (Å²) < 4.78 is 0. The Bertz CT molecular complexity index is 350. The third kappa shape index (κ3) is 3.08. The highest BCUT2D eigenvalue weighted by molar-refractivity contribution is 5.68. The van der Waals surface area contributed by atoms with Crippen molar-refractivity contribution < 1.29 is 9.90 Å². The van der Waals surface area contributed by atoms with Gasteiger partial charge in [0.25, 0.3) is 0 Å². The van der Waals surface area contributed by atoms with Gasteiger partial charge in [-0.25, -0.2) is 4.98 Å². The lowest BCUT2D eigenvalue weighted by Crippen LogP contribution is -2.21. The number of carboxylic acids is 1. The zero-order valence-electron chi connectivity index (χ0n) is 9.66. The number of aromatic amines is 1. The molecule has 0 spiro atoms. The molecule has 0 saturated heterocycles. The van der Waals surface area contributed by atoms with Crippen LogP contribution < -0.4 is 0 Å². The number of aliphatic carboxylic acids is 1. The van der Waals surface area contributed by atoms with Gasteiger partial charge in [-0.2, -0.15) is 0 Å². The van der Waals surface area contributed by atoms with Crippen LogP contribution in [-0.4, -0.2) is 21.0 Å². The number of carboxylic acid groups (broad SMARTS) is 1. The Morgan fingerprint density at radius 3 is 2.53 bits per heavy atom. The number of imidazole rings is 1. The highest BCUT2D eigenvalue weighted by Crippen LogP contribution is 2.36. The summed E-state index contributed by atoms with van der Waals surface area (Å²) in [7, 11) is 0. The number of rotatable bonds is 3. The highest BCUT2D eigenvalue weighted by atomic mass is 16.4. The van der Waals surface area contributed by atoms with Gasteiger partial charge in [0.2, 0.25) is 0 Å². The van der Waals surface area contributed by atoms with E-state index in [1.807, 2.05) is 27.7 Å². The number of aromatic nitrogens is 2. The minimum Gasteiger partial charge on any atom is -0.481 e. The second kappa shape index (κ2) is 4.04. The van der Waals surface area contributed by atoms with Crippen molar-refractivity contribution >= 4 is 5.97 Å². The fourth-order valence-corrected chi connectivity index (χ4v) is 1.67. The van der Waals surface area contributed by atoms with E-state index < -0.39 is 5.97 Å². The molecule has 1 heterocycles. The predicted molar refractivity (Wildman–Crippen MR) is 57.8 cm³/mol. The van der Waals surface area contributed by atoms with Crippen molar-refractivity contribution in [2.24, 2.45) is 5.41 Å². The van der Waals surface area contributed by atoms with Crippen LogP contribution in [0, 0.1) is 12.3 Å². The minimum atomic E-state index is -0.776. The van der Waals surface area contributed by atoms with Crippen molar-refractivity contribution in [1.29, 1.82) is 0 Å². The molecule has 0 radical (unpaired) electrons. The van der Waals surface area contributed by atoms with Gasteiger partial charge in [-0.05, 0) is 12.3 Å². The molecule has 0 saturated carbocycles. The summed E-state index contributed by atoms with van der Waals surface area (Å²) in [5, 5.41) is 8.88. The lowest BCUT2D eigenvalue weighted by atomic mass is 9.77. The second-order valence-corrected chi connectivity index (χ2v) is 4.94. The molecular formula is C11H18N2O2. The topological polar surface area (TPSA) is 66.0 Å². The summed E-state index contributed by atoms with van der Waals surface area (Å²) in [6.45, 7) is 7.98. The normalized spacial score (nSPS) is 13.9. The van der Waals surface area contributed by atoms with Crippen LogP contribution in [0.3, 0.4) is 0 Å². The molecule has 1 unspecified atom stereocenters. The van der Waals surface area contributed by atoms with Crippen LogP contribution in [-0.2, 0) is 4.79 Å². The summed E-state index contributed by atoms with van der Waals surface area (Å²) in [6.07, 6.45) is 1.86. The third-order valence-corrected chi connectivity index (χ3v) is 2.52. The van der Waals surface area contributed by atoms with E-state index >= 15 is 0 Å². The number of H-pyrrole nitrogens is 1. The number of nitrogens with zero attached hydrogens (tertiary/aromatic N) is 1. The quantitative estimate of drug-likeness (QED) is 0.804. The summed E-state index contributed by atoms with van der Waals surface area (Å²) in [6, 6.07) is 0. The fraction of sp³-hybridized carbons (Fsp3) is 0.636. The van der Waals surface area contributed by atoms with Gasteiger partial charge in [0.05, 0.1) is 6.42 Å². The van der Waals surface area contributed by atoms with E-state index in [9.17, 15) is 4.79 Å². The van der Waals surface area contributed by atoms with Gasteiger partial charge >= 0.3 is 5.97 Å². The van der Waals surface area contributed by atoms with Gasteiger partial charge in [-0.3, -0.25) is 4.79 Å². The molecule has 0 aliphatic carbocycles. The van der Waals surface area contributed by atoms with Crippen LogP contribution in [0.5, 0.6) is 0 Å². The van der Waals surface area contributed by atoms with Gasteiger partial charge < -0.3 is 10.1 Å². The Labute approximate surface area is 89.7 Å². The zero-order chi connectivity index (χ0) is 11.6. The molecule has 0 fully saturated rings. The van der Waals surface area contributed by atoms with Gasteiger partial charge in [0, 0.05) is 17.8 Å². The van der Waals surface area contributed by atoms with Crippen molar-refractivity contribution in [3.63, 3.8) is 0 Å². The first kappa shape index (κ1) is 11.8. The molecule has 1 atom stereocenters. The summed E-state index contributed by atoms with van der Waals surface area (Å²) in [5.41, 5.74) is 0.819. The Hall–Kier alpha value is -1.32. The molecule has 1 rings (SSSR count). The van der Waals surface area contributed by atoms with Crippen molar-refractivity contribution in [3.05, 3.63) is 17.7 Å². The maximum atomic E-state index is 10.8. The Kier molecular flexibility index (Phi) is 3.17. The molecule has 0 aliphatic heterocycles. The third-order valence-electron chi connectivity index (χ3n) is 2.52. The fourth-order valence-electron chi connectivity index (χ4n) is 1.67. The van der Waals surface area contributed by atoms with E-state index in [1.54, 1.807) is 6.20 Å². The molecule has 1 aromatic rings. The van der Waals surface area contributed by atoms with E-state index in [0.29, 0.717) is 0 Å². The molecule has 4 nitrogen and oxygen atoms in total. The lowest BCUT2D eigenvalue weighted by Gasteiger charge is -2.28. The number of carbonyl (C=O) groups is 1. The standard InChI is InChI=1S/C11H18N2O2/c1-7-12-6-9(13-7)8(5-10(14)15)11(2,3)4/h6,8H,5H2,1-4H3,(H,12,13)(H,14,15). The molecule has 4 heteroatoms. The zero-order valence-corrected chi connectivity index (χ0v) is 9.66. The van der Waals surface area contributed by atoms with E-state index in [0.717, 1.165) is 11.5 Å². The Morgan fingerprint density at radius 1 is 1.60 bits per heavy atom. The largest absolute Gasteiger partial charge is 0.481 e. The first-order valence-corrected chi connectivity index (χ1v) is 5.04. The summed E-state index contributed by atoms with van der Waals surface area (Å²) in [5.74, 6) is 0.0167. The summed E-state index contributed by atoms with van der Waals surface area (Å²) >= 11 is 0. The molecule has 0 aliphatic rings. The van der Waals surface area contributed by atoms with Crippen LogP contribution in [0.25, 0.3) is 0 Å². The van der Waals surface area contributed by atoms with Crippen LogP contribution in [0.15, 0.2) is 6.20 Å². The predicted octanol–water partition coefficient (Wildman–Crippen LogP) is 2.32. The maximum absolute atomic E-state index is 10.8. The Balaban J connectivity index is 2.96. The SMILES string of the molecule is Cc1ncc(C(CC(=O)O)C(C)(C)C)[nH]1. The average Bonchev–Trinajstić information content (AvgIpc) is 2.45. The van der Waals surface area contributed by atoms with Crippen LogP contribution in [0.4, 0.5) is 0 Å². The minimum absolute atomic E-state index is 0.0313. The molecule has 84 valence electrons. The molecular weight excluding hydrogens is 192 g/mol. The van der Waals surface area contributed by atoms with Crippen molar-refractivity contribution in [1.82, 2.24) is 9.97 Å². The van der Waals surface area contributed by atoms with E-state index in [-0.39, 0.29) is 17.8 Å². The number of aryl methyl sites for hydroxylation is 1. The van der Waals surface area contributed by atoms with Crippen LogP contribution in [0.1, 0.15) is 44.6 Å². The number of hydrogen-bond acceptors (Lipinski definition) is 2. The molecule has 2 N–H and O–H groups in total. The summed E-state index contributed by atoms with van der Waals surface area (Å²) in [4.78, 5) is 18.0. The smallest absolute Gasteiger partial charge is 0.304 e. The van der Waals surface area contributed by atoms with E-state index in [4.69, 9.17) is 5.11 Å². The Morgan fingerprint density at radius 2 is 2.20 bits per heavy atom. The highest BCUT2D eigenvalue weighted by Gasteiger charge is 2.29. The molecule has 1 aromatic heterocycles. The molecule has 0 bridgehead atoms. The van der Waals surface area contributed by atoms with Crippen molar-refractivity contribution in [2.45, 2.75) is 40.0 Å². The van der Waals surface area contributed by atoms with Crippen molar-refractivity contribution in [2.75, 3.05) is 0 Å². The molecule has 0 aromatic carbocycles. The average molecular weight is 210 g/mol. The monoisotopic (exact) mass is 210 g/mol. The maximum Gasteiger partial charge on any atom is 0.304 e. The van der Waals surface area contributed by atoms with Crippen LogP contribution in [0.2, 0.25) is 0 Å². The van der Waals surface area contributed by atoms with Gasteiger partial charge in [0.1, 0.15) is 5.82 Å².